The van der Waals surface area contributed by atoms with Gasteiger partial charge >= 0.3 is 0 Å². The van der Waals surface area contributed by atoms with E-state index in [0.717, 1.165) is 16.7 Å². The predicted molar refractivity (Wildman–Crippen MR) is 115 cm³/mol. The zero-order valence-electron chi connectivity index (χ0n) is 17.5. The lowest BCUT2D eigenvalue weighted by molar-refractivity contribution is -0.133. The molecular formula is C21H24N6O3S. The van der Waals surface area contributed by atoms with Gasteiger partial charge in [0.2, 0.25) is 21.8 Å². The lowest BCUT2D eigenvalue weighted by Crippen LogP contribution is -2.51. The minimum absolute atomic E-state index is 0.0381. The largest absolute Gasteiger partial charge is 0.338 e. The van der Waals surface area contributed by atoms with Gasteiger partial charge in [0.15, 0.2) is 0 Å². The molecule has 0 saturated carbocycles. The monoisotopic (exact) mass is 440 g/mol. The van der Waals surface area contributed by atoms with E-state index in [1.165, 1.54) is 9.10 Å². The van der Waals surface area contributed by atoms with Crippen LogP contribution in [0.2, 0.25) is 0 Å². The second-order valence-corrected chi connectivity index (χ2v) is 9.55. The maximum atomic E-state index is 12.8. The Hall–Kier alpha value is -3.11. The van der Waals surface area contributed by atoms with Crippen molar-refractivity contribution in [2.45, 2.75) is 25.3 Å². The molecule has 0 aliphatic carbocycles. The standard InChI is InChI=1S/C21H24N6O3S/c1-16-3-7-18(8-4-16)21-22-24-27(23-21)15-20(28)25-11-13-26(14-12-25)31(29,30)19-9-5-17(2)6-10-19/h3-10H,11-15H2,1-2H3. The number of aromatic nitrogens is 4. The molecule has 1 aromatic heterocycles. The average Bonchev–Trinajstić information content (AvgIpc) is 3.23. The van der Waals surface area contributed by atoms with Crippen LogP contribution in [-0.2, 0) is 21.4 Å². The van der Waals surface area contributed by atoms with Gasteiger partial charge in [-0.2, -0.15) is 9.10 Å². The highest BCUT2D eigenvalue weighted by molar-refractivity contribution is 7.89. The summed E-state index contributed by atoms with van der Waals surface area (Å²) in [5, 5.41) is 12.3. The molecule has 1 aliphatic heterocycles. The third-order valence-electron chi connectivity index (χ3n) is 5.29. The van der Waals surface area contributed by atoms with Crippen LogP contribution in [-0.4, -0.2) is 69.9 Å². The maximum absolute atomic E-state index is 12.8. The number of nitrogens with zero attached hydrogens (tertiary/aromatic N) is 6. The summed E-state index contributed by atoms with van der Waals surface area (Å²) in [6, 6.07) is 14.5. The fraction of sp³-hybridized carbons (Fsp3) is 0.333. The van der Waals surface area contributed by atoms with Gasteiger partial charge in [-0.1, -0.05) is 47.5 Å². The van der Waals surface area contributed by atoms with Crippen molar-refractivity contribution < 1.29 is 13.2 Å². The number of tetrazole rings is 1. The third-order valence-corrected chi connectivity index (χ3v) is 7.20. The molecule has 1 saturated heterocycles. The Morgan fingerprint density at radius 3 is 2.10 bits per heavy atom. The fourth-order valence-corrected chi connectivity index (χ4v) is 4.81. The van der Waals surface area contributed by atoms with Crippen LogP contribution in [0.4, 0.5) is 0 Å². The highest BCUT2D eigenvalue weighted by Crippen LogP contribution is 2.18. The minimum atomic E-state index is -3.56. The van der Waals surface area contributed by atoms with E-state index in [1.54, 1.807) is 29.2 Å². The number of sulfonamides is 1. The van der Waals surface area contributed by atoms with Gasteiger partial charge in [-0.3, -0.25) is 4.79 Å². The van der Waals surface area contributed by atoms with Gasteiger partial charge in [0.1, 0.15) is 6.54 Å². The fourth-order valence-electron chi connectivity index (χ4n) is 3.39. The van der Waals surface area contributed by atoms with E-state index in [-0.39, 0.29) is 30.4 Å². The van der Waals surface area contributed by atoms with E-state index < -0.39 is 10.0 Å². The zero-order chi connectivity index (χ0) is 22.0. The normalized spacial score (nSPS) is 15.2. The highest BCUT2D eigenvalue weighted by atomic mass is 32.2. The Balaban J connectivity index is 1.35. The summed E-state index contributed by atoms with van der Waals surface area (Å²) in [6.07, 6.45) is 0. The molecule has 1 amide bonds. The van der Waals surface area contributed by atoms with Crippen molar-refractivity contribution in [1.82, 2.24) is 29.4 Å². The first-order valence-electron chi connectivity index (χ1n) is 10.0. The van der Waals surface area contributed by atoms with Crippen molar-refractivity contribution in [2.24, 2.45) is 0 Å². The summed E-state index contributed by atoms with van der Waals surface area (Å²) in [7, 11) is -3.56. The lowest BCUT2D eigenvalue weighted by atomic mass is 10.1. The van der Waals surface area contributed by atoms with Crippen LogP contribution in [0, 0.1) is 13.8 Å². The van der Waals surface area contributed by atoms with Crippen LogP contribution in [0.25, 0.3) is 11.4 Å². The van der Waals surface area contributed by atoms with Crippen molar-refractivity contribution in [3.05, 3.63) is 59.7 Å². The molecule has 1 fully saturated rings. The van der Waals surface area contributed by atoms with Crippen LogP contribution >= 0.6 is 0 Å². The minimum Gasteiger partial charge on any atom is -0.338 e. The van der Waals surface area contributed by atoms with E-state index in [2.05, 4.69) is 15.4 Å². The molecule has 0 spiro atoms. The van der Waals surface area contributed by atoms with Gasteiger partial charge in [0.25, 0.3) is 0 Å². The van der Waals surface area contributed by atoms with E-state index in [1.807, 2.05) is 38.1 Å². The van der Waals surface area contributed by atoms with Crippen molar-refractivity contribution >= 4 is 15.9 Å². The van der Waals surface area contributed by atoms with Gasteiger partial charge in [-0.25, -0.2) is 8.42 Å². The Morgan fingerprint density at radius 2 is 1.48 bits per heavy atom. The first-order valence-corrected chi connectivity index (χ1v) is 11.5. The van der Waals surface area contributed by atoms with E-state index in [9.17, 15) is 13.2 Å². The summed E-state index contributed by atoms with van der Waals surface area (Å²) < 4.78 is 27.1. The van der Waals surface area contributed by atoms with Crippen molar-refractivity contribution in [2.75, 3.05) is 26.2 Å². The van der Waals surface area contributed by atoms with Gasteiger partial charge in [0, 0.05) is 31.7 Å². The number of benzene rings is 2. The number of aryl methyl sites for hydroxylation is 2. The van der Waals surface area contributed by atoms with Crippen LogP contribution < -0.4 is 0 Å². The molecule has 10 heteroatoms. The Labute approximate surface area is 181 Å². The Morgan fingerprint density at radius 1 is 0.903 bits per heavy atom. The number of rotatable bonds is 5. The topological polar surface area (TPSA) is 101 Å². The second kappa shape index (κ2) is 8.56. The summed E-state index contributed by atoms with van der Waals surface area (Å²) >= 11 is 0. The number of carbonyl (C=O) groups is 1. The molecule has 2 heterocycles. The first kappa shape index (κ1) is 21.1. The number of hydrogen-bond acceptors (Lipinski definition) is 6. The Kier molecular flexibility index (Phi) is 5.84. The maximum Gasteiger partial charge on any atom is 0.246 e. The molecule has 162 valence electrons. The van der Waals surface area contributed by atoms with Crippen molar-refractivity contribution in [3.63, 3.8) is 0 Å². The number of piperazine rings is 1. The van der Waals surface area contributed by atoms with Crippen LogP contribution in [0.3, 0.4) is 0 Å². The number of amides is 1. The molecule has 1 aliphatic rings. The first-order chi connectivity index (χ1) is 14.8. The molecule has 0 unspecified atom stereocenters. The van der Waals surface area contributed by atoms with Crippen molar-refractivity contribution in [3.8, 4) is 11.4 Å². The number of carbonyl (C=O) groups excluding carboxylic acids is 1. The molecule has 0 atom stereocenters. The molecule has 0 bridgehead atoms. The number of hydrogen-bond donors (Lipinski definition) is 0. The molecule has 4 rings (SSSR count). The van der Waals surface area contributed by atoms with Crippen LogP contribution in [0.15, 0.2) is 53.4 Å². The van der Waals surface area contributed by atoms with Crippen LogP contribution in [0.1, 0.15) is 11.1 Å². The molecule has 3 aromatic rings. The third kappa shape index (κ3) is 4.64. The molecule has 0 radical (unpaired) electrons. The lowest BCUT2D eigenvalue weighted by Gasteiger charge is -2.33. The second-order valence-electron chi connectivity index (χ2n) is 7.61. The molecule has 9 nitrogen and oxygen atoms in total. The van der Waals surface area contributed by atoms with Crippen molar-refractivity contribution in [1.29, 1.82) is 0 Å². The van der Waals surface area contributed by atoms with Gasteiger partial charge in [-0.15, -0.1) is 10.2 Å². The summed E-state index contributed by atoms with van der Waals surface area (Å²) in [6.45, 7) is 5.02. The summed E-state index contributed by atoms with van der Waals surface area (Å²) in [5.41, 5.74) is 2.97. The average molecular weight is 441 g/mol. The SMILES string of the molecule is Cc1ccc(-c2nnn(CC(=O)N3CCN(S(=O)(=O)c4ccc(C)cc4)CC3)n2)cc1. The highest BCUT2D eigenvalue weighted by Gasteiger charge is 2.30. The summed E-state index contributed by atoms with van der Waals surface area (Å²) in [4.78, 5) is 15.8. The van der Waals surface area contributed by atoms with E-state index in [4.69, 9.17) is 0 Å². The van der Waals surface area contributed by atoms with E-state index in [0.29, 0.717) is 18.9 Å². The summed E-state index contributed by atoms with van der Waals surface area (Å²) in [5.74, 6) is 0.294. The molecule has 31 heavy (non-hydrogen) atoms. The molecule has 2 aromatic carbocycles. The van der Waals surface area contributed by atoms with Gasteiger partial charge in [-0.05, 0) is 31.2 Å². The molecule has 0 N–H and O–H groups in total. The van der Waals surface area contributed by atoms with Crippen LogP contribution in [0.5, 0.6) is 0 Å². The smallest absolute Gasteiger partial charge is 0.246 e. The predicted octanol–water partition coefficient (Wildman–Crippen LogP) is 1.49. The van der Waals surface area contributed by atoms with Gasteiger partial charge < -0.3 is 4.90 Å². The molecular weight excluding hydrogens is 416 g/mol. The van der Waals surface area contributed by atoms with Gasteiger partial charge in [0.05, 0.1) is 4.90 Å². The Bertz CT molecular complexity index is 1160. The quantitative estimate of drug-likeness (QED) is 0.596. The zero-order valence-corrected chi connectivity index (χ0v) is 18.3. The van der Waals surface area contributed by atoms with E-state index >= 15 is 0 Å².